The number of fused-ring (bicyclic) bond motifs is 2. The third-order valence-electron chi connectivity index (χ3n) is 6.46. The van der Waals surface area contributed by atoms with Crippen molar-refractivity contribution in [3.05, 3.63) is 39.8 Å². The van der Waals surface area contributed by atoms with Gasteiger partial charge in [0, 0.05) is 37.3 Å². The Morgan fingerprint density at radius 2 is 2.17 bits per heavy atom. The Balaban J connectivity index is 1.59. The van der Waals surface area contributed by atoms with Crippen LogP contribution in [-0.2, 0) is 0 Å². The molecule has 2 aromatic heterocycles. The molecule has 9 heteroatoms. The standard InChI is InChI=1S/C21H23ClN4O4/c1-23-15-4-2-3-11-8-25(9-14(11)15)20-17(22)18-13(7-24-20)19(27)16(30-21(28)29)10-26(18)12-5-6-12/h2,4,7,10-12,14-15,23H,3,5-6,8-9H2,1H3,(H,28,29)/t11-,14+,15-/m1/s1. The maximum atomic E-state index is 12.8. The number of allylic oxidation sites excluding steroid dienone is 1. The summed E-state index contributed by atoms with van der Waals surface area (Å²) in [5.74, 6) is 1.46. The van der Waals surface area contributed by atoms with E-state index in [1.165, 1.54) is 12.4 Å². The van der Waals surface area contributed by atoms with E-state index in [2.05, 4.69) is 27.4 Å². The fourth-order valence-electron chi connectivity index (χ4n) is 4.87. The first-order chi connectivity index (χ1) is 14.5. The maximum Gasteiger partial charge on any atom is 0.511 e. The highest BCUT2D eigenvalue weighted by Crippen LogP contribution is 2.43. The van der Waals surface area contributed by atoms with E-state index in [-0.39, 0.29) is 17.2 Å². The van der Waals surface area contributed by atoms with Gasteiger partial charge < -0.3 is 24.6 Å². The van der Waals surface area contributed by atoms with Crippen molar-refractivity contribution in [2.75, 3.05) is 25.0 Å². The summed E-state index contributed by atoms with van der Waals surface area (Å²) in [5, 5.41) is 13.1. The molecular formula is C21H23ClN4O4. The van der Waals surface area contributed by atoms with Crippen LogP contribution in [-0.4, -0.2) is 47.0 Å². The van der Waals surface area contributed by atoms with Crippen LogP contribution in [0.3, 0.4) is 0 Å². The van der Waals surface area contributed by atoms with E-state index in [1.807, 2.05) is 11.6 Å². The van der Waals surface area contributed by atoms with Crippen molar-refractivity contribution in [3.63, 3.8) is 0 Å². The minimum Gasteiger partial charge on any atom is -0.449 e. The minimum atomic E-state index is -1.52. The highest BCUT2D eigenvalue weighted by molar-refractivity contribution is 6.37. The molecule has 2 fully saturated rings. The Hall–Kier alpha value is -2.58. The third-order valence-corrected chi connectivity index (χ3v) is 6.81. The quantitative estimate of drug-likeness (QED) is 0.568. The fourth-order valence-corrected chi connectivity index (χ4v) is 5.24. The third kappa shape index (κ3) is 3.15. The van der Waals surface area contributed by atoms with Crippen molar-refractivity contribution in [2.24, 2.45) is 11.8 Å². The van der Waals surface area contributed by atoms with Crippen LogP contribution in [0.1, 0.15) is 25.3 Å². The average Bonchev–Trinajstić information content (AvgIpc) is 3.47. The number of halogens is 1. The normalized spacial score (nSPS) is 25.5. The van der Waals surface area contributed by atoms with E-state index in [0.29, 0.717) is 34.2 Å². The summed E-state index contributed by atoms with van der Waals surface area (Å²) in [6, 6.07) is 0.504. The number of carbonyl (C=O) groups is 1. The van der Waals surface area contributed by atoms with Crippen LogP contribution in [0.4, 0.5) is 10.6 Å². The Morgan fingerprint density at radius 3 is 2.87 bits per heavy atom. The highest BCUT2D eigenvalue weighted by atomic mass is 35.5. The number of ether oxygens (including phenoxy) is 1. The summed E-state index contributed by atoms with van der Waals surface area (Å²) in [7, 11) is 1.98. The lowest BCUT2D eigenvalue weighted by atomic mass is 9.82. The van der Waals surface area contributed by atoms with Crippen molar-refractivity contribution < 1.29 is 14.6 Å². The molecule has 0 amide bonds. The van der Waals surface area contributed by atoms with Gasteiger partial charge in [-0.15, -0.1) is 0 Å². The molecule has 2 aliphatic carbocycles. The molecular weight excluding hydrogens is 408 g/mol. The zero-order valence-electron chi connectivity index (χ0n) is 16.5. The Bertz CT molecular complexity index is 1110. The number of hydrogen-bond acceptors (Lipinski definition) is 6. The molecule has 8 nitrogen and oxygen atoms in total. The summed E-state index contributed by atoms with van der Waals surface area (Å²) in [6.45, 7) is 1.70. The van der Waals surface area contributed by atoms with Crippen LogP contribution < -0.4 is 20.4 Å². The van der Waals surface area contributed by atoms with Gasteiger partial charge in [0.25, 0.3) is 0 Å². The number of anilines is 1. The van der Waals surface area contributed by atoms with E-state index < -0.39 is 11.6 Å². The molecule has 2 aromatic rings. The van der Waals surface area contributed by atoms with Crippen LogP contribution in [0.2, 0.25) is 5.02 Å². The molecule has 2 N–H and O–H groups in total. The number of nitrogens with one attached hydrogen (secondary N) is 1. The number of likely N-dealkylation sites (N-methyl/N-ethyl adjacent to an activating group) is 1. The zero-order chi connectivity index (χ0) is 21.0. The molecule has 0 aromatic carbocycles. The van der Waals surface area contributed by atoms with E-state index in [1.54, 1.807) is 0 Å². The lowest BCUT2D eigenvalue weighted by Gasteiger charge is -2.28. The predicted octanol–water partition coefficient (Wildman–Crippen LogP) is 3.04. The first-order valence-corrected chi connectivity index (χ1v) is 10.6. The first-order valence-electron chi connectivity index (χ1n) is 10.2. The largest absolute Gasteiger partial charge is 0.511 e. The van der Waals surface area contributed by atoms with Crippen molar-refractivity contribution in [1.82, 2.24) is 14.9 Å². The molecule has 1 saturated carbocycles. The van der Waals surface area contributed by atoms with E-state index >= 15 is 0 Å². The molecule has 3 atom stereocenters. The molecule has 0 spiro atoms. The number of carboxylic acid groups (broad SMARTS) is 1. The van der Waals surface area contributed by atoms with Crippen molar-refractivity contribution in [3.8, 4) is 5.75 Å². The van der Waals surface area contributed by atoms with Crippen LogP contribution in [0, 0.1) is 11.8 Å². The van der Waals surface area contributed by atoms with Crippen molar-refractivity contribution in [2.45, 2.75) is 31.3 Å². The number of nitrogens with zero attached hydrogens (tertiary/aromatic N) is 3. The van der Waals surface area contributed by atoms with E-state index in [0.717, 1.165) is 32.4 Å². The Labute approximate surface area is 178 Å². The van der Waals surface area contributed by atoms with Crippen LogP contribution in [0.5, 0.6) is 5.75 Å². The van der Waals surface area contributed by atoms with Gasteiger partial charge in [-0.3, -0.25) is 4.79 Å². The van der Waals surface area contributed by atoms with Gasteiger partial charge in [0.1, 0.15) is 10.8 Å². The van der Waals surface area contributed by atoms with Crippen molar-refractivity contribution in [1.29, 1.82) is 0 Å². The number of aromatic nitrogens is 2. The van der Waals surface area contributed by atoms with Crippen LogP contribution in [0.15, 0.2) is 29.3 Å². The van der Waals surface area contributed by atoms with E-state index in [4.69, 9.17) is 21.4 Å². The topological polar surface area (TPSA) is 96.7 Å². The van der Waals surface area contributed by atoms with Gasteiger partial charge in [0.2, 0.25) is 5.43 Å². The second kappa shape index (κ2) is 7.28. The van der Waals surface area contributed by atoms with Gasteiger partial charge in [-0.25, -0.2) is 9.78 Å². The second-order valence-electron chi connectivity index (χ2n) is 8.29. The van der Waals surface area contributed by atoms with Crippen LogP contribution >= 0.6 is 11.6 Å². The summed E-state index contributed by atoms with van der Waals surface area (Å²) < 4.78 is 6.60. The van der Waals surface area contributed by atoms with Gasteiger partial charge in [-0.05, 0) is 32.2 Å². The number of pyridine rings is 2. The lowest BCUT2D eigenvalue weighted by Crippen LogP contribution is -2.38. The predicted molar refractivity (Wildman–Crippen MR) is 114 cm³/mol. The molecule has 1 saturated heterocycles. The Morgan fingerprint density at radius 1 is 1.37 bits per heavy atom. The molecule has 158 valence electrons. The van der Waals surface area contributed by atoms with Crippen molar-refractivity contribution >= 4 is 34.5 Å². The molecule has 3 aliphatic rings. The van der Waals surface area contributed by atoms with Gasteiger partial charge in [0.05, 0.1) is 17.1 Å². The molecule has 30 heavy (non-hydrogen) atoms. The van der Waals surface area contributed by atoms with Crippen LogP contribution in [0.25, 0.3) is 10.9 Å². The summed E-state index contributed by atoms with van der Waals surface area (Å²) in [4.78, 5) is 30.5. The monoisotopic (exact) mass is 430 g/mol. The fraction of sp³-hybridized carbons (Fsp3) is 0.476. The van der Waals surface area contributed by atoms with E-state index in [9.17, 15) is 9.59 Å². The SMILES string of the molecule is CN[C@@H]1C=CC[C@@H]2CN(c3ncc4c(=O)c(OC(=O)O)cn(C5CC5)c4c3Cl)C[C@@H]21. The van der Waals surface area contributed by atoms with Gasteiger partial charge >= 0.3 is 6.16 Å². The molecule has 0 bridgehead atoms. The number of rotatable bonds is 4. The lowest BCUT2D eigenvalue weighted by molar-refractivity contribution is 0.143. The average molecular weight is 431 g/mol. The smallest absolute Gasteiger partial charge is 0.449 e. The summed E-state index contributed by atoms with van der Waals surface area (Å²) in [6.07, 6.45) is 8.85. The first kappa shape index (κ1) is 19.4. The summed E-state index contributed by atoms with van der Waals surface area (Å²) >= 11 is 6.84. The molecule has 0 radical (unpaired) electrons. The summed E-state index contributed by atoms with van der Waals surface area (Å²) in [5.41, 5.74) is 0.0878. The molecule has 5 rings (SSSR count). The maximum absolute atomic E-state index is 12.8. The van der Waals surface area contributed by atoms with Gasteiger partial charge in [-0.1, -0.05) is 23.8 Å². The molecule has 3 heterocycles. The number of hydrogen-bond donors (Lipinski definition) is 2. The Kier molecular flexibility index (Phi) is 4.71. The molecule has 1 aliphatic heterocycles. The van der Waals surface area contributed by atoms with Gasteiger partial charge in [0.15, 0.2) is 5.75 Å². The minimum absolute atomic E-state index is 0.177. The zero-order valence-corrected chi connectivity index (χ0v) is 17.3. The second-order valence-corrected chi connectivity index (χ2v) is 8.67. The highest BCUT2D eigenvalue weighted by Gasteiger charge is 2.39. The van der Waals surface area contributed by atoms with Gasteiger partial charge in [-0.2, -0.15) is 0 Å². The molecule has 0 unspecified atom stereocenters.